The van der Waals surface area contributed by atoms with Crippen LogP contribution in [-0.4, -0.2) is 5.11 Å². The van der Waals surface area contributed by atoms with Crippen LogP contribution in [0.3, 0.4) is 0 Å². The van der Waals surface area contributed by atoms with E-state index in [0.717, 1.165) is 16.9 Å². The van der Waals surface area contributed by atoms with Gasteiger partial charge >= 0.3 is 0 Å². The van der Waals surface area contributed by atoms with Crippen LogP contribution in [0.4, 0.5) is 0 Å². The fourth-order valence-electron chi connectivity index (χ4n) is 1.64. The Hall–Kier alpha value is -1.72. The Morgan fingerprint density at radius 1 is 1.29 bits per heavy atom. The SMILES string of the molecule is CCc1ccc(O)c2c1=CC=CC=C=2. The molecule has 1 aliphatic carbocycles. The molecule has 1 nitrogen and oxygen atoms in total. The van der Waals surface area contributed by atoms with E-state index in [1.807, 2.05) is 30.4 Å². The van der Waals surface area contributed by atoms with Crippen molar-refractivity contribution in [2.45, 2.75) is 13.3 Å². The zero-order valence-corrected chi connectivity index (χ0v) is 8.12. The number of phenolic OH excluding ortho intramolecular Hbond substituents is 1. The van der Waals surface area contributed by atoms with Crippen LogP contribution in [0.5, 0.6) is 5.75 Å². The predicted molar refractivity (Wildman–Crippen MR) is 58.3 cm³/mol. The molecule has 0 unspecified atom stereocenters. The van der Waals surface area contributed by atoms with Crippen LogP contribution in [-0.2, 0) is 6.42 Å². The highest BCUT2D eigenvalue weighted by Gasteiger charge is 1.99. The average molecular weight is 184 g/mol. The summed E-state index contributed by atoms with van der Waals surface area (Å²) in [5.74, 6) is 0.299. The molecule has 0 aromatic heterocycles. The largest absolute Gasteiger partial charge is 0.507 e. The molecule has 1 aliphatic rings. The number of aromatic hydroxyl groups is 1. The number of benzene rings is 1. The Morgan fingerprint density at radius 3 is 2.93 bits per heavy atom. The summed E-state index contributed by atoms with van der Waals surface area (Å²) in [6.07, 6.45) is 8.69. The molecule has 0 saturated heterocycles. The summed E-state index contributed by atoms with van der Waals surface area (Å²) >= 11 is 0. The molecule has 0 bridgehead atoms. The van der Waals surface area contributed by atoms with Gasteiger partial charge < -0.3 is 5.11 Å². The second kappa shape index (κ2) is 3.57. The number of allylic oxidation sites excluding steroid dienone is 3. The van der Waals surface area contributed by atoms with Crippen LogP contribution in [0.25, 0.3) is 11.8 Å². The molecule has 0 amide bonds. The van der Waals surface area contributed by atoms with E-state index in [4.69, 9.17) is 0 Å². The molecule has 70 valence electrons. The molecular formula is C13H12O. The predicted octanol–water partition coefficient (Wildman–Crippen LogP) is 1.24. The lowest BCUT2D eigenvalue weighted by atomic mass is 10.1. The van der Waals surface area contributed by atoms with Crippen LogP contribution in [0.15, 0.2) is 30.4 Å². The van der Waals surface area contributed by atoms with Gasteiger partial charge in [0, 0.05) is 0 Å². The molecular weight excluding hydrogens is 172 g/mol. The minimum absolute atomic E-state index is 0.299. The smallest absolute Gasteiger partial charge is 0.131 e. The van der Waals surface area contributed by atoms with Gasteiger partial charge in [0.25, 0.3) is 0 Å². The highest BCUT2D eigenvalue weighted by atomic mass is 16.3. The summed E-state index contributed by atoms with van der Waals surface area (Å²) in [7, 11) is 0. The summed E-state index contributed by atoms with van der Waals surface area (Å²) < 4.78 is 0. The lowest BCUT2D eigenvalue weighted by Crippen LogP contribution is -2.27. The third-order valence-electron chi connectivity index (χ3n) is 2.39. The molecule has 0 heterocycles. The third kappa shape index (κ3) is 1.39. The van der Waals surface area contributed by atoms with Gasteiger partial charge in [0.15, 0.2) is 0 Å². The van der Waals surface area contributed by atoms with Gasteiger partial charge in [-0.25, -0.2) is 0 Å². The molecule has 1 aromatic carbocycles. The summed E-state index contributed by atoms with van der Waals surface area (Å²) in [4.78, 5) is 0. The first kappa shape index (κ1) is 8.86. The maximum atomic E-state index is 9.67. The number of aryl methyl sites for hydroxylation is 1. The van der Waals surface area contributed by atoms with Crippen LogP contribution >= 0.6 is 0 Å². The van der Waals surface area contributed by atoms with Gasteiger partial charge in [-0.05, 0) is 29.3 Å². The molecule has 1 aromatic rings. The summed E-state index contributed by atoms with van der Waals surface area (Å²) in [6, 6.07) is 3.70. The van der Waals surface area contributed by atoms with E-state index in [1.165, 1.54) is 5.56 Å². The van der Waals surface area contributed by atoms with Gasteiger partial charge in [0.2, 0.25) is 0 Å². The molecule has 0 saturated carbocycles. The quantitative estimate of drug-likeness (QED) is 0.696. The molecule has 0 atom stereocenters. The Morgan fingerprint density at radius 2 is 2.14 bits per heavy atom. The van der Waals surface area contributed by atoms with Gasteiger partial charge in [-0.2, -0.15) is 0 Å². The van der Waals surface area contributed by atoms with Crippen LogP contribution in [0.2, 0.25) is 0 Å². The van der Waals surface area contributed by atoms with Crippen molar-refractivity contribution in [3.8, 4) is 5.75 Å². The maximum absolute atomic E-state index is 9.67. The fourth-order valence-corrected chi connectivity index (χ4v) is 1.64. The number of hydrogen-bond donors (Lipinski definition) is 1. The standard InChI is InChI=1S/C13H12O/c1-2-10-8-9-13(14)12-7-5-3-4-6-11(10)12/h3-6,8-9,14H,2H2,1H3. The lowest BCUT2D eigenvalue weighted by molar-refractivity contribution is 0.470. The molecule has 1 N–H and O–H groups in total. The van der Waals surface area contributed by atoms with Gasteiger partial charge in [-0.15, -0.1) is 5.73 Å². The number of phenols is 1. The number of hydrogen-bond acceptors (Lipinski definition) is 1. The van der Waals surface area contributed by atoms with Crippen LogP contribution in [0.1, 0.15) is 12.5 Å². The zero-order chi connectivity index (χ0) is 9.97. The molecule has 1 heteroatoms. The van der Waals surface area contributed by atoms with Crippen molar-refractivity contribution >= 4 is 11.8 Å². The second-order valence-electron chi connectivity index (χ2n) is 3.25. The van der Waals surface area contributed by atoms with E-state index in [1.54, 1.807) is 6.07 Å². The second-order valence-corrected chi connectivity index (χ2v) is 3.25. The summed E-state index contributed by atoms with van der Waals surface area (Å²) in [5.41, 5.74) is 4.32. The van der Waals surface area contributed by atoms with Crippen molar-refractivity contribution in [1.82, 2.24) is 0 Å². The third-order valence-corrected chi connectivity index (χ3v) is 2.39. The molecule has 0 radical (unpaired) electrons. The van der Waals surface area contributed by atoms with Crippen LogP contribution < -0.4 is 10.4 Å². The normalized spacial score (nSPS) is 12.6. The lowest BCUT2D eigenvalue weighted by Gasteiger charge is -1.99. The van der Waals surface area contributed by atoms with Crippen molar-refractivity contribution in [1.29, 1.82) is 0 Å². The van der Waals surface area contributed by atoms with E-state index < -0.39 is 0 Å². The first-order chi connectivity index (χ1) is 6.83. The first-order valence-corrected chi connectivity index (χ1v) is 4.77. The van der Waals surface area contributed by atoms with E-state index in [-0.39, 0.29) is 0 Å². The molecule has 0 spiro atoms. The minimum Gasteiger partial charge on any atom is -0.507 e. The van der Waals surface area contributed by atoms with Crippen molar-refractivity contribution in [2.24, 2.45) is 0 Å². The Balaban J connectivity index is 2.97. The van der Waals surface area contributed by atoms with Crippen molar-refractivity contribution in [3.05, 3.63) is 46.4 Å². The van der Waals surface area contributed by atoms with Gasteiger partial charge in [-0.3, -0.25) is 0 Å². The minimum atomic E-state index is 0.299. The first-order valence-electron chi connectivity index (χ1n) is 4.77. The Labute approximate surface area is 83.0 Å². The zero-order valence-electron chi connectivity index (χ0n) is 8.12. The highest BCUT2D eigenvalue weighted by Crippen LogP contribution is 2.00. The molecule has 0 aliphatic heterocycles. The topological polar surface area (TPSA) is 20.2 Å². The maximum Gasteiger partial charge on any atom is 0.131 e. The van der Waals surface area contributed by atoms with Crippen molar-refractivity contribution < 1.29 is 5.11 Å². The monoisotopic (exact) mass is 184 g/mol. The van der Waals surface area contributed by atoms with Gasteiger partial charge in [-0.1, -0.05) is 31.2 Å². The van der Waals surface area contributed by atoms with E-state index >= 15 is 0 Å². The summed E-state index contributed by atoms with van der Waals surface area (Å²) in [5, 5.41) is 11.6. The van der Waals surface area contributed by atoms with Gasteiger partial charge in [0.1, 0.15) is 5.75 Å². The van der Waals surface area contributed by atoms with Crippen LogP contribution in [0, 0.1) is 0 Å². The van der Waals surface area contributed by atoms with E-state index in [0.29, 0.717) is 5.75 Å². The van der Waals surface area contributed by atoms with Crippen molar-refractivity contribution in [3.63, 3.8) is 0 Å². The van der Waals surface area contributed by atoms with E-state index in [2.05, 4.69) is 12.7 Å². The molecule has 0 fully saturated rings. The number of rotatable bonds is 1. The molecule has 14 heavy (non-hydrogen) atoms. The fraction of sp³-hybridized carbons (Fsp3) is 0.154. The summed E-state index contributed by atoms with van der Waals surface area (Å²) in [6.45, 7) is 2.11. The van der Waals surface area contributed by atoms with Crippen molar-refractivity contribution in [2.75, 3.05) is 0 Å². The highest BCUT2D eigenvalue weighted by molar-refractivity contribution is 5.50. The molecule has 2 rings (SSSR count). The number of fused-ring (bicyclic) bond motifs is 1. The Kier molecular flexibility index (Phi) is 2.26. The Bertz CT molecular complexity index is 529. The average Bonchev–Trinajstić information content (AvgIpc) is 2.44. The van der Waals surface area contributed by atoms with E-state index in [9.17, 15) is 5.11 Å². The van der Waals surface area contributed by atoms with Gasteiger partial charge in [0.05, 0.1) is 5.22 Å².